The molecule has 0 bridgehead atoms. The van der Waals surface area contributed by atoms with Crippen molar-refractivity contribution >= 4 is 23.4 Å². The van der Waals surface area contributed by atoms with Crippen LogP contribution in [0.15, 0.2) is 36.8 Å². The molecule has 1 aliphatic heterocycles. The van der Waals surface area contributed by atoms with E-state index in [1.165, 1.54) is 17.0 Å². The third kappa shape index (κ3) is 3.14. The van der Waals surface area contributed by atoms with Crippen LogP contribution in [0.2, 0.25) is 5.02 Å². The van der Waals surface area contributed by atoms with Gasteiger partial charge in [-0.3, -0.25) is 4.90 Å². The second-order valence-electron chi connectivity index (χ2n) is 4.69. The molecule has 1 aromatic carbocycles. The van der Waals surface area contributed by atoms with E-state index in [-0.39, 0.29) is 0 Å². The minimum atomic E-state index is 0.458. The van der Waals surface area contributed by atoms with Crippen molar-refractivity contribution in [1.82, 2.24) is 14.9 Å². The number of aromatic nitrogens is 2. The van der Waals surface area contributed by atoms with Crippen molar-refractivity contribution in [3.63, 3.8) is 0 Å². The van der Waals surface area contributed by atoms with Gasteiger partial charge in [-0.25, -0.2) is 4.98 Å². The average molecular weight is 294 g/mol. The summed E-state index contributed by atoms with van der Waals surface area (Å²) in [6.45, 7) is 2.03. The first-order valence-electron chi connectivity index (χ1n) is 6.37. The molecule has 19 heavy (non-hydrogen) atoms. The molecular formula is C14H16ClN3S. The SMILES string of the molecule is Clc1ccc([C@H]2CSCCN2Cc2cnc[nH]2)cc1. The van der Waals surface area contributed by atoms with Crippen LogP contribution in [0.3, 0.4) is 0 Å². The molecule has 1 N–H and O–H groups in total. The van der Waals surface area contributed by atoms with E-state index in [1.54, 1.807) is 6.33 Å². The van der Waals surface area contributed by atoms with Gasteiger partial charge in [-0.1, -0.05) is 23.7 Å². The topological polar surface area (TPSA) is 31.9 Å². The predicted molar refractivity (Wildman–Crippen MR) is 80.5 cm³/mol. The number of halogens is 1. The first-order chi connectivity index (χ1) is 9.33. The number of nitrogens with one attached hydrogen (secondary N) is 1. The highest BCUT2D eigenvalue weighted by molar-refractivity contribution is 7.99. The van der Waals surface area contributed by atoms with E-state index < -0.39 is 0 Å². The summed E-state index contributed by atoms with van der Waals surface area (Å²) >= 11 is 7.99. The number of imidazole rings is 1. The van der Waals surface area contributed by atoms with Crippen LogP contribution < -0.4 is 0 Å². The van der Waals surface area contributed by atoms with Crippen molar-refractivity contribution in [1.29, 1.82) is 0 Å². The van der Waals surface area contributed by atoms with Gasteiger partial charge in [-0.05, 0) is 17.7 Å². The van der Waals surface area contributed by atoms with Crippen molar-refractivity contribution in [2.45, 2.75) is 12.6 Å². The van der Waals surface area contributed by atoms with Crippen LogP contribution in [0.5, 0.6) is 0 Å². The van der Waals surface area contributed by atoms with Gasteiger partial charge in [0.15, 0.2) is 0 Å². The number of thioether (sulfide) groups is 1. The molecule has 0 spiro atoms. The Morgan fingerprint density at radius 2 is 2.21 bits per heavy atom. The van der Waals surface area contributed by atoms with Gasteiger partial charge in [-0.15, -0.1) is 0 Å². The second-order valence-corrected chi connectivity index (χ2v) is 6.28. The van der Waals surface area contributed by atoms with Crippen LogP contribution >= 0.6 is 23.4 Å². The maximum absolute atomic E-state index is 5.97. The fraction of sp³-hybridized carbons (Fsp3) is 0.357. The quantitative estimate of drug-likeness (QED) is 0.942. The molecule has 1 atom stereocenters. The first-order valence-corrected chi connectivity index (χ1v) is 7.91. The maximum Gasteiger partial charge on any atom is 0.0922 e. The zero-order valence-electron chi connectivity index (χ0n) is 10.6. The van der Waals surface area contributed by atoms with E-state index in [2.05, 4.69) is 27.0 Å². The highest BCUT2D eigenvalue weighted by atomic mass is 35.5. The highest BCUT2D eigenvalue weighted by Gasteiger charge is 2.24. The Balaban J connectivity index is 1.78. The van der Waals surface area contributed by atoms with E-state index in [1.807, 2.05) is 30.1 Å². The molecule has 1 aliphatic rings. The highest BCUT2D eigenvalue weighted by Crippen LogP contribution is 2.31. The number of benzene rings is 1. The van der Waals surface area contributed by atoms with Gasteiger partial charge in [-0.2, -0.15) is 11.8 Å². The Kier molecular flexibility index (Phi) is 4.11. The molecule has 0 aliphatic carbocycles. The van der Waals surface area contributed by atoms with E-state index in [0.717, 1.165) is 23.9 Å². The van der Waals surface area contributed by atoms with Crippen LogP contribution in [0, 0.1) is 0 Å². The normalized spacial score (nSPS) is 20.6. The predicted octanol–water partition coefficient (Wildman–Crippen LogP) is 3.35. The van der Waals surface area contributed by atoms with Crippen molar-refractivity contribution < 1.29 is 0 Å². The van der Waals surface area contributed by atoms with Gasteiger partial charge in [0.2, 0.25) is 0 Å². The number of hydrogen-bond acceptors (Lipinski definition) is 3. The largest absolute Gasteiger partial charge is 0.347 e. The van der Waals surface area contributed by atoms with Crippen molar-refractivity contribution in [2.75, 3.05) is 18.1 Å². The van der Waals surface area contributed by atoms with Gasteiger partial charge >= 0.3 is 0 Å². The van der Waals surface area contributed by atoms with Crippen molar-refractivity contribution in [2.24, 2.45) is 0 Å². The van der Waals surface area contributed by atoms with Gasteiger partial charge in [0.25, 0.3) is 0 Å². The Morgan fingerprint density at radius 1 is 1.37 bits per heavy atom. The van der Waals surface area contributed by atoms with Crippen LogP contribution in [0.4, 0.5) is 0 Å². The molecule has 1 aromatic heterocycles. The van der Waals surface area contributed by atoms with Gasteiger partial charge < -0.3 is 4.98 Å². The molecule has 3 nitrogen and oxygen atoms in total. The Bertz CT molecular complexity index is 512. The zero-order valence-corrected chi connectivity index (χ0v) is 12.1. The summed E-state index contributed by atoms with van der Waals surface area (Å²) in [5.74, 6) is 2.33. The molecule has 0 saturated carbocycles. The lowest BCUT2D eigenvalue weighted by Gasteiger charge is -2.35. The lowest BCUT2D eigenvalue weighted by Crippen LogP contribution is -2.35. The van der Waals surface area contributed by atoms with Gasteiger partial charge in [0, 0.05) is 47.6 Å². The molecule has 0 radical (unpaired) electrons. The molecule has 1 fully saturated rings. The molecule has 5 heteroatoms. The minimum Gasteiger partial charge on any atom is -0.347 e. The zero-order chi connectivity index (χ0) is 13.1. The molecular weight excluding hydrogens is 278 g/mol. The van der Waals surface area contributed by atoms with Crippen LogP contribution in [0.25, 0.3) is 0 Å². The number of H-pyrrole nitrogens is 1. The smallest absolute Gasteiger partial charge is 0.0922 e. The number of aromatic amines is 1. The van der Waals surface area contributed by atoms with E-state index in [4.69, 9.17) is 11.6 Å². The minimum absolute atomic E-state index is 0.458. The maximum atomic E-state index is 5.97. The average Bonchev–Trinajstić information content (AvgIpc) is 2.93. The fourth-order valence-corrected chi connectivity index (χ4v) is 3.69. The Morgan fingerprint density at radius 3 is 2.95 bits per heavy atom. The molecule has 0 amide bonds. The van der Waals surface area contributed by atoms with Gasteiger partial charge in [0.05, 0.1) is 6.33 Å². The van der Waals surface area contributed by atoms with Crippen LogP contribution in [0.1, 0.15) is 17.3 Å². The summed E-state index contributed by atoms with van der Waals surface area (Å²) in [7, 11) is 0. The summed E-state index contributed by atoms with van der Waals surface area (Å²) in [6, 6.07) is 8.69. The summed E-state index contributed by atoms with van der Waals surface area (Å²) in [6.07, 6.45) is 3.64. The molecule has 1 saturated heterocycles. The van der Waals surface area contributed by atoms with E-state index in [0.29, 0.717) is 6.04 Å². The van der Waals surface area contributed by atoms with Crippen molar-refractivity contribution in [3.8, 4) is 0 Å². The van der Waals surface area contributed by atoms with Gasteiger partial charge in [0.1, 0.15) is 0 Å². The molecule has 2 aromatic rings. The monoisotopic (exact) mass is 293 g/mol. The summed E-state index contributed by atoms with van der Waals surface area (Å²) in [5.41, 5.74) is 2.52. The third-order valence-electron chi connectivity index (χ3n) is 3.42. The van der Waals surface area contributed by atoms with Crippen LogP contribution in [-0.2, 0) is 6.54 Å². The second kappa shape index (κ2) is 5.99. The Hall–Kier alpha value is -0.970. The third-order valence-corrected chi connectivity index (χ3v) is 4.70. The summed E-state index contributed by atoms with van der Waals surface area (Å²) in [4.78, 5) is 9.78. The first kappa shape index (κ1) is 13.0. The standard InChI is InChI=1S/C14H16ClN3S/c15-12-3-1-11(2-4-12)14-9-19-6-5-18(14)8-13-7-16-10-17-13/h1-4,7,10,14H,5-6,8-9H2,(H,16,17)/t14-/m1/s1. The Labute approximate surface area is 122 Å². The van der Waals surface area contributed by atoms with Crippen molar-refractivity contribution in [3.05, 3.63) is 53.1 Å². The van der Waals surface area contributed by atoms with E-state index in [9.17, 15) is 0 Å². The summed E-state index contributed by atoms with van der Waals surface area (Å²) < 4.78 is 0. The molecule has 2 heterocycles. The fourth-order valence-electron chi connectivity index (χ4n) is 2.41. The summed E-state index contributed by atoms with van der Waals surface area (Å²) in [5, 5.41) is 0.798. The number of rotatable bonds is 3. The molecule has 100 valence electrons. The molecule has 3 rings (SSSR count). The van der Waals surface area contributed by atoms with E-state index >= 15 is 0 Å². The number of hydrogen-bond donors (Lipinski definition) is 1. The number of nitrogens with zero attached hydrogens (tertiary/aromatic N) is 2. The van der Waals surface area contributed by atoms with Crippen LogP contribution in [-0.4, -0.2) is 32.9 Å². The lowest BCUT2D eigenvalue weighted by molar-refractivity contribution is 0.210. The lowest BCUT2D eigenvalue weighted by atomic mass is 10.1. The molecule has 0 unspecified atom stereocenters.